The summed E-state index contributed by atoms with van der Waals surface area (Å²) >= 11 is 0. The summed E-state index contributed by atoms with van der Waals surface area (Å²) in [5, 5.41) is 0. The maximum atomic E-state index is 11.7. The van der Waals surface area contributed by atoms with Crippen LogP contribution in [0.2, 0.25) is 0 Å². The van der Waals surface area contributed by atoms with E-state index in [1.165, 1.54) is 0 Å². The molecule has 0 rings (SSSR count). The fourth-order valence-electron chi connectivity index (χ4n) is 2.20. The normalized spacial score (nSPS) is 17.0. The monoisotopic (exact) mass is 402 g/mol. The Morgan fingerprint density at radius 3 is 1.36 bits per heavy atom. The van der Waals surface area contributed by atoms with E-state index in [-0.39, 0.29) is 13.2 Å². The summed E-state index contributed by atoms with van der Waals surface area (Å²) in [6.45, 7) is 8.54. The van der Waals surface area contributed by atoms with Gasteiger partial charge in [0, 0.05) is 0 Å². The van der Waals surface area contributed by atoms with Gasteiger partial charge in [0.1, 0.15) is 0 Å². The van der Waals surface area contributed by atoms with E-state index in [1.807, 2.05) is 0 Å². The largest absolute Gasteiger partial charge is 0.481 e. The first-order valence-corrected chi connectivity index (χ1v) is 12.2. The molecule has 2 unspecified atom stereocenters. The van der Waals surface area contributed by atoms with Crippen LogP contribution in [0.1, 0.15) is 79.1 Å². The molecule has 152 valence electrons. The molecule has 0 aromatic carbocycles. The minimum absolute atomic E-state index is 0.00107. The Hall–Kier alpha value is 0.260. The van der Waals surface area contributed by atoms with Gasteiger partial charge in [0.2, 0.25) is 0 Å². The summed E-state index contributed by atoms with van der Waals surface area (Å²) < 4.78 is 37.1. The summed E-state index contributed by atoms with van der Waals surface area (Å²) in [6.07, 6.45) is 7.10. The molecular formula is C16H36O7P2. The van der Waals surface area contributed by atoms with E-state index in [0.29, 0.717) is 24.7 Å². The molecule has 0 saturated carbocycles. The van der Waals surface area contributed by atoms with Crippen molar-refractivity contribution >= 4 is 15.6 Å². The zero-order valence-corrected chi connectivity index (χ0v) is 17.8. The van der Waals surface area contributed by atoms with Gasteiger partial charge >= 0.3 is 15.6 Å². The second-order valence-corrected chi connectivity index (χ2v) is 10.2. The van der Waals surface area contributed by atoms with Gasteiger partial charge in [-0.25, -0.2) is 9.13 Å². The lowest BCUT2D eigenvalue weighted by atomic mass is 10.1. The van der Waals surface area contributed by atoms with Crippen LogP contribution in [-0.4, -0.2) is 23.0 Å². The van der Waals surface area contributed by atoms with Crippen molar-refractivity contribution in [2.75, 3.05) is 13.2 Å². The molecule has 7 nitrogen and oxygen atoms in total. The molecule has 0 aliphatic heterocycles. The number of hydrogen-bond donors (Lipinski definition) is 2. The summed E-state index contributed by atoms with van der Waals surface area (Å²) in [5.74, 6) is 1.24. The van der Waals surface area contributed by atoms with Gasteiger partial charge < -0.3 is 9.79 Å². The van der Waals surface area contributed by atoms with E-state index < -0.39 is 15.6 Å². The Morgan fingerprint density at radius 1 is 0.680 bits per heavy atom. The van der Waals surface area contributed by atoms with E-state index in [2.05, 4.69) is 32.0 Å². The average Bonchev–Trinajstić information content (AvgIpc) is 2.44. The Kier molecular flexibility index (Phi) is 13.6. The van der Waals surface area contributed by atoms with Crippen LogP contribution in [0, 0.1) is 11.8 Å². The lowest BCUT2D eigenvalue weighted by Crippen LogP contribution is -2.00. The van der Waals surface area contributed by atoms with Gasteiger partial charge in [-0.2, -0.15) is 4.31 Å². The van der Waals surface area contributed by atoms with Crippen LogP contribution >= 0.6 is 15.6 Å². The van der Waals surface area contributed by atoms with E-state index in [4.69, 9.17) is 9.05 Å². The second-order valence-electron chi connectivity index (χ2n) is 7.17. The lowest BCUT2D eigenvalue weighted by Gasteiger charge is -2.16. The number of unbranched alkanes of at least 4 members (excludes halogenated alkanes) is 4. The highest BCUT2D eigenvalue weighted by Gasteiger charge is 2.34. The van der Waals surface area contributed by atoms with Crippen molar-refractivity contribution in [2.24, 2.45) is 11.8 Å². The molecule has 0 radical (unpaired) electrons. The van der Waals surface area contributed by atoms with Gasteiger partial charge in [0.15, 0.2) is 0 Å². The maximum Gasteiger partial charge on any atom is 0.481 e. The minimum Gasteiger partial charge on any atom is -0.302 e. The van der Waals surface area contributed by atoms with Crippen LogP contribution in [0.5, 0.6) is 0 Å². The van der Waals surface area contributed by atoms with Crippen molar-refractivity contribution in [3.63, 3.8) is 0 Å². The summed E-state index contributed by atoms with van der Waals surface area (Å²) in [5.41, 5.74) is 0. The molecule has 0 spiro atoms. The maximum absolute atomic E-state index is 11.7. The zero-order valence-electron chi connectivity index (χ0n) is 16.1. The van der Waals surface area contributed by atoms with Gasteiger partial charge in [0.25, 0.3) is 0 Å². The highest BCUT2D eigenvalue weighted by atomic mass is 31.3. The topological polar surface area (TPSA) is 102 Å². The first-order chi connectivity index (χ1) is 11.5. The lowest BCUT2D eigenvalue weighted by molar-refractivity contribution is 0.151. The zero-order chi connectivity index (χ0) is 19.3. The van der Waals surface area contributed by atoms with Crippen molar-refractivity contribution in [2.45, 2.75) is 79.1 Å². The van der Waals surface area contributed by atoms with Crippen LogP contribution in [0.15, 0.2) is 0 Å². The summed E-state index contributed by atoms with van der Waals surface area (Å²) in [6, 6.07) is 0. The van der Waals surface area contributed by atoms with E-state index in [9.17, 15) is 18.9 Å². The van der Waals surface area contributed by atoms with Crippen molar-refractivity contribution in [3.05, 3.63) is 0 Å². The van der Waals surface area contributed by atoms with Crippen LogP contribution in [0.25, 0.3) is 0 Å². The number of rotatable bonds is 16. The molecule has 0 bridgehead atoms. The molecule has 2 N–H and O–H groups in total. The van der Waals surface area contributed by atoms with Gasteiger partial charge in [-0.3, -0.25) is 9.05 Å². The van der Waals surface area contributed by atoms with Crippen LogP contribution in [-0.2, 0) is 22.5 Å². The summed E-state index contributed by atoms with van der Waals surface area (Å²) in [4.78, 5) is 19.0. The van der Waals surface area contributed by atoms with E-state index >= 15 is 0 Å². The highest BCUT2D eigenvalue weighted by molar-refractivity contribution is 7.61. The molecule has 0 aliphatic carbocycles. The molecule has 0 aromatic rings. The van der Waals surface area contributed by atoms with Crippen LogP contribution in [0.4, 0.5) is 0 Å². The number of phosphoric ester groups is 2. The predicted molar refractivity (Wildman–Crippen MR) is 99.3 cm³/mol. The third-order valence-corrected chi connectivity index (χ3v) is 6.24. The first kappa shape index (κ1) is 25.3. The van der Waals surface area contributed by atoms with E-state index in [1.54, 1.807) is 0 Å². The third kappa shape index (κ3) is 17.4. The fourth-order valence-corrected chi connectivity index (χ4v) is 4.34. The second kappa shape index (κ2) is 13.4. The Labute approximate surface area is 152 Å². The van der Waals surface area contributed by atoms with Crippen molar-refractivity contribution in [1.29, 1.82) is 0 Å². The standard InChI is InChI=1S/C16H36O7P2/c1-15(2)11-7-5-9-13-21-24(17,18)23-25(19,20)22-14-10-6-8-12-16(3)4/h15-16H,5-14H2,1-4H3,(H,17,18)(H,19,20). The third-order valence-electron chi connectivity index (χ3n) is 3.57. The minimum atomic E-state index is -4.59. The molecule has 0 aromatic heterocycles. The Bertz CT molecular complexity index is 389. The van der Waals surface area contributed by atoms with Gasteiger partial charge in [-0.15, -0.1) is 0 Å². The molecular weight excluding hydrogens is 366 g/mol. The van der Waals surface area contributed by atoms with Crippen LogP contribution < -0.4 is 0 Å². The average molecular weight is 402 g/mol. The molecule has 0 fully saturated rings. The Balaban J connectivity index is 3.88. The smallest absolute Gasteiger partial charge is 0.302 e. The van der Waals surface area contributed by atoms with Crippen molar-refractivity contribution in [1.82, 2.24) is 0 Å². The summed E-state index contributed by atoms with van der Waals surface area (Å²) in [7, 11) is -9.19. The molecule has 0 aliphatic rings. The SMILES string of the molecule is CC(C)CCCCCOP(=O)(O)OP(=O)(O)OCCCCCC(C)C. The van der Waals surface area contributed by atoms with Crippen molar-refractivity contribution in [3.8, 4) is 0 Å². The molecule has 0 heterocycles. The quantitative estimate of drug-likeness (QED) is 0.253. The van der Waals surface area contributed by atoms with E-state index in [0.717, 1.165) is 38.5 Å². The van der Waals surface area contributed by atoms with Crippen LogP contribution in [0.3, 0.4) is 0 Å². The predicted octanol–water partition coefficient (Wildman–Crippen LogP) is 5.67. The fraction of sp³-hybridized carbons (Fsp3) is 1.00. The molecule has 0 saturated heterocycles. The first-order valence-electron chi connectivity index (χ1n) is 9.20. The van der Waals surface area contributed by atoms with Gasteiger partial charge in [-0.1, -0.05) is 66.2 Å². The highest BCUT2D eigenvalue weighted by Crippen LogP contribution is 2.60. The molecule has 25 heavy (non-hydrogen) atoms. The number of phosphoric acid groups is 2. The molecule has 0 amide bonds. The number of hydrogen-bond acceptors (Lipinski definition) is 5. The van der Waals surface area contributed by atoms with Crippen molar-refractivity contribution < 1.29 is 32.3 Å². The van der Waals surface area contributed by atoms with Gasteiger partial charge in [0.05, 0.1) is 13.2 Å². The molecule has 9 heteroatoms. The Morgan fingerprint density at radius 2 is 1.04 bits per heavy atom. The molecule has 2 atom stereocenters. The van der Waals surface area contributed by atoms with Gasteiger partial charge in [-0.05, 0) is 24.7 Å².